The van der Waals surface area contributed by atoms with Crippen molar-refractivity contribution in [2.75, 3.05) is 5.32 Å². The maximum absolute atomic E-state index is 13.8. The van der Waals surface area contributed by atoms with Crippen LogP contribution in [0, 0.1) is 35.1 Å². The Morgan fingerprint density at radius 1 is 0.960 bits per heavy atom. The number of hydrogen-bond acceptors (Lipinski definition) is 1. The maximum Gasteiger partial charge on any atom is 0.422 e. The van der Waals surface area contributed by atoms with Crippen LogP contribution in [0.3, 0.4) is 0 Å². The Balaban J connectivity index is 2.32. The number of anilines is 1. The normalized spacial score (nSPS) is 17.4. The van der Waals surface area contributed by atoms with Crippen LogP contribution in [0.25, 0.3) is 0 Å². The lowest BCUT2D eigenvalue weighted by Crippen LogP contribution is -2.29. The van der Waals surface area contributed by atoms with Gasteiger partial charge in [-0.05, 0) is 18.8 Å². The molecule has 0 aliphatic heterocycles. The molecule has 25 heavy (non-hydrogen) atoms. The van der Waals surface area contributed by atoms with Gasteiger partial charge < -0.3 is 5.32 Å². The number of carbonyl (C=O) groups is 1. The predicted molar refractivity (Wildman–Crippen MR) is 75.6 cm³/mol. The Morgan fingerprint density at radius 3 is 1.88 bits per heavy atom. The first-order chi connectivity index (χ1) is 11.6. The molecular formula is C16H16F7NO. The van der Waals surface area contributed by atoms with Gasteiger partial charge in [0.05, 0.1) is 0 Å². The second-order valence-electron chi connectivity index (χ2n) is 6.18. The fourth-order valence-electron chi connectivity index (χ4n) is 3.08. The predicted octanol–water partition coefficient (Wildman–Crippen LogP) is 5.42. The van der Waals surface area contributed by atoms with Gasteiger partial charge in [0.15, 0.2) is 23.3 Å². The molecule has 9 heteroatoms. The van der Waals surface area contributed by atoms with Crippen molar-refractivity contribution in [2.24, 2.45) is 11.8 Å². The summed E-state index contributed by atoms with van der Waals surface area (Å²) in [6, 6.07) is 0. The summed E-state index contributed by atoms with van der Waals surface area (Å²) in [7, 11) is 0. The van der Waals surface area contributed by atoms with E-state index in [0.717, 1.165) is 32.1 Å². The van der Waals surface area contributed by atoms with Gasteiger partial charge in [-0.25, -0.2) is 17.6 Å². The maximum atomic E-state index is 13.8. The third-order valence-electron chi connectivity index (χ3n) is 4.57. The molecule has 0 spiro atoms. The average Bonchev–Trinajstić information content (AvgIpc) is 2.55. The fourth-order valence-corrected chi connectivity index (χ4v) is 3.08. The summed E-state index contributed by atoms with van der Waals surface area (Å²) < 4.78 is 92.3. The van der Waals surface area contributed by atoms with E-state index < -0.39 is 52.5 Å². The first-order valence-corrected chi connectivity index (χ1v) is 7.79. The van der Waals surface area contributed by atoms with Crippen LogP contribution < -0.4 is 5.32 Å². The van der Waals surface area contributed by atoms with Gasteiger partial charge in [0.25, 0.3) is 0 Å². The third kappa shape index (κ3) is 3.90. The summed E-state index contributed by atoms with van der Waals surface area (Å²) in [6.07, 6.45) is -1.41. The summed E-state index contributed by atoms with van der Waals surface area (Å²) in [4.78, 5) is 12.1. The molecule has 1 amide bonds. The molecule has 0 heterocycles. The van der Waals surface area contributed by atoms with Crippen LogP contribution in [-0.4, -0.2) is 5.91 Å². The molecular weight excluding hydrogens is 355 g/mol. The zero-order chi connectivity index (χ0) is 18.9. The molecule has 1 aromatic carbocycles. The molecule has 2 nitrogen and oxygen atoms in total. The Bertz CT molecular complexity index is 636. The Labute approximate surface area is 139 Å². The van der Waals surface area contributed by atoms with Gasteiger partial charge in [-0.2, -0.15) is 13.2 Å². The van der Waals surface area contributed by atoms with E-state index in [1.807, 2.05) is 0 Å². The zero-order valence-electron chi connectivity index (χ0n) is 13.2. The van der Waals surface area contributed by atoms with Crippen LogP contribution in [0.2, 0.25) is 0 Å². The molecule has 140 valence electrons. The second kappa shape index (κ2) is 7.21. The van der Waals surface area contributed by atoms with Crippen LogP contribution >= 0.6 is 0 Å². The van der Waals surface area contributed by atoms with E-state index in [0.29, 0.717) is 0 Å². The van der Waals surface area contributed by atoms with E-state index in [1.165, 1.54) is 6.92 Å². The van der Waals surface area contributed by atoms with Gasteiger partial charge in [0.2, 0.25) is 5.91 Å². The van der Waals surface area contributed by atoms with Crippen molar-refractivity contribution < 1.29 is 35.5 Å². The van der Waals surface area contributed by atoms with Crippen LogP contribution in [0.1, 0.15) is 44.6 Å². The minimum absolute atomic E-state index is 0.0657. The van der Waals surface area contributed by atoms with Gasteiger partial charge >= 0.3 is 6.18 Å². The molecule has 1 saturated carbocycles. The minimum atomic E-state index is -5.62. The highest BCUT2D eigenvalue weighted by atomic mass is 19.4. The molecule has 0 bridgehead atoms. The lowest BCUT2D eigenvalue weighted by molar-refractivity contribution is -0.143. The quantitative estimate of drug-likeness (QED) is 0.558. The van der Waals surface area contributed by atoms with Gasteiger partial charge in [0.1, 0.15) is 11.3 Å². The molecule has 0 radical (unpaired) electrons. The number of amides is 1. The number of benzene rings is 1. The monoisotopic (exact) mass is 371 g/mol. The van der Waals surface area contributed by atoms with E-state index >= 15 is 0 Å². The highest BCUT2D eigenvalue weighted by Crippen LogP contribution is 2.39. The van der Waals surface area contributed by atoms with Crippen molar-refractivity contribution in [3.8, 4) is 0 Å². The summed E-state index contributed by atoms with van der Waals surface area (Å²) in [5, 5.41) is 1.70. The highest BCUT2D eigenvalue weighted by Gasteiger charge is 2.42. The molecule has 1 N–H and O–H groups in total. The number of carbonyl (C=O) groups excluding carboxylic acids is 1. The molecule has 0 saturated heterocycles. The molecule has 1 aliphatic carbocycles. The first-order valence-electron chi connectivity index (χ1n) is 7.79. The van der Waals surface area contributed by atoms with Gasteiger partial charge in [-0.1, -0.05) is 26.2 Å². The van der Waals surface area contributed by atoms with Gasteiger partial charge in [-0.3, -0.25) is 4.79 Å². The minimum Gasteiger partial charge on any atom is -0.321 e. The zero-order valence-corrected chi connectivity index (χ0v) is 13.2. The Kier molecular flexibility index (Phi) is 5.63. The molecule has 1 aromatic rings. The number of halogens is 7. The van der Waals surface area contributed by atoms with Crippen molar-refractivity contribution in [1.82, 2.24) is 0 Å². The fraction of sp³-hybridized carbons (Fsp3) is 0.562. The van der Waals surface area contributed by atoms with Crippen molar-refractivity contribution in [1.29, 1.82) is 0 Å². The SMILES string of the molecule is CC(C(=O)Nc1c(F)c(F)c(C(F)(F)F)c(F)c1F)C1CCCCC1. The molecule has 0 aromatic heterocycles. The summed E-state index contributed by atoms with van der Waals surface area (Å²) in [5.41, 5.74) is -4.21. The molecule has 1 aliphatic rings. The standard InChI is InChI=1S/C16H16F7NO/c1-7(8-5-3-2-4-6-8)15(25)24-14-12(19)10(17)9(16(21,22)23)11(18)13(14)20/h7-8H,2-6H2,1H3,(H,24,25). The molecule has 1 atom stereocenters. The lowest BCUT2D eigenvalue weighted by Gasteiger charge is -2.27. The van der Waals surface area contributed by atoms with Crippen molar-refractivity contribution >= 4 is 11.6 Å². The number of rotatable bonds is 3. The topological polar surface area (TPSA) is 29.1 Å². The Morgan fingerprint density at radius 2 is 1.44 bits per heavy atom. The van der Waals surface area contributed by atoms with Crippen LogP contribution in [0.15, 0.2) is 0 Å². The van der Waals surface area contributed by atoms with Gasteiger partial charge in [0, 0.05) is 5.92 Å². The smallest absolute Gasteiger partial charge is 0.321 e. The third-order valence-corrected chi connectivity index (χ3v) is 4.57. The first kappa shape index (κ1) is 19.5. The largest absolute Gasteiger partial charge is 0.422 e. The van der Waals surface area contributed by atoms with E-state index in [2.05, 4.69) is 0 Å². The molecule has 1 unspecified atom stereocenters. The van der Waals surface area contributed by atoms with E-state index in [9.17, 15) is 35.5 Å². The summed E-state index contributed by atoms with van der Waals surface area (Å²) >= 11 is 0. The van der Waals surface area contributed by atoms with Crippen LogP contribution in [0.4, 0.5) is 36.4 Å². The van der Waals surface area contributed by atoms with Crippen LogP contribution in [0.5, 0.6) is 0 Å². The van der Waals surface area contributed by atoms with Crippen LogP contribution in [-0.2, 0) is 11.0 Å². The number of alkyl halides is 3. The Hall–Kier alpha value is -1.80. The van der Waals surface area contributed by atoms with Crippen molar-refractivity contribution in [2.45, 2.75) is 45.2 Å². The summed E-state index contributed by atoms with van der Waals surface area (Å²) in [5.74, 6) is -11.4. The number of hydrogen-bond donors (Lipinski definition) is 1. The van der Waals surface area contributed by atoms with Crippen molar-refractivity contribution in [3.63, 3.8) is 0 Å². The van der Waals surface area contributed by atoms with Gasteiger partial charge in [-0.15, -0.1) is 0 Å². The van der Waals surface area contributed by atoms with E-state index in [-0.39, 0.29) is 5.92 Å². The number of nitrogens with one attached hydrogen (secondary N) is 1. The summed E-state index contributed by atoms with van der Waals surface area (Å²) in [6.45, 7) is 1.50. The van der Waals surface area contributed by atoms with Crippen molar-refractivity contribution in [3.05, 3.63) is 28.8 Å². The highest BCUT2D eigenvalue weighted by molar-refractivity contribution is 5.92. The molecule has 1 fully saturated rings. The van der Waals surface area contributed by atoms with E-state index in [1.54, 1.807) is 5.32 Å². The average molecular weight is 371 g/mol. The van der Waals surface area contributed by atoms with E-state index in [4.69, 9.17) is 0 Å². The lowest BCUT2D eigenvalue weighted by atomic mass is 9.80. The second-order valence-corrected chi connectivity index (χ2v) is 6.18. The molecule has 2 rings (SSSR count).